The summed E-state index contributed by atoms with van der Waals surface area (Å²) in [7, 11) is 0. The predicted octanol–water partition coefficient (Wildman–Crippen LogP) is 4.03. The highest BCUT2D eigenvalue weighted by Gasteiger charge is 2.11. The number of nitrogens with one attached hydrogen (secondary N) is 3. The first-order valence-corrected chi connectivity index (χ1v) is 10.0. The number of hydrogen-bond acceptors (Lipinski definition) is 9. The van der Waals surface area contributed by atoms with Gasteiger partial charge in [0.2, 0.25) is 5.95 Å². The van der Waals surface area contributed by atoms with Gasteiger partial charge in [0, 0.05) is 24.7 Å². The lowest BCUT2D eigenvalue weighted by Crippen LogP contribution is -2.12. The number of nitrogens with zero attached hydrogens (tertiary/aromatic N) is 6. The monoisotopic (exact) mass is 431 g/mol. The number of benzene rings is 1. The first-order valence-electron chi connectivity index (χ1n) is 10.0. The van der Waals surface area contributed by atoms with Crippen LogP contribution in [0.4, 0.5) is 27.8 Å². The lowest BCUT2D eigenvalue weighted by Gasteiger charge is -2.16. The zero-order valence-corrected chi connectivity index (χ0v) is 17.6. The molecule has 162 valence electrons. The van der Waals surface area contributed by atoms with Gasteiger partial charge in [0.15, 0.2) is 0 Å². The Labute approximate surface area is 184 Å². The van der Waals surface area contributed by atoms with Crippen molar-refractivity contribution in [3.8, 4) is 0 Å². The fraction of sp³-hybridized carbons (Fsp3) is 0.182. The highest BCUT2D eigenvalue weighted by molar-refractivity contribution is 5.58. The van der Waals surface area contributed by atoms with Crippen molar-refractivity contribution in [2.75, 3.05) is 16.0 Å². The van der Waals surface area contributed by atoms with Crippen LogP contribution < -0.4 is 16.0 Å². The number of aromatic nitrogens is 6. The van der Waals surface area contributed by atoms with Crippen LogP contribution in [0.5, 0.6) is 0 Å². The van der Waals surface area contributed by atoms with Gasteiger partial charge in [-0.25, -0.2) is 9.37 Å². The van der Waals surface area contributed by atoms with Gasteiger partial charge in [0.05, 0.1) is 36.4 Å². The van der Waals surface area contributed by atoms with Crippen molar-refractivity contribution in [1.29, 1.82) is 0 Å². The zero-order chi connectivity index (χ0) is 22.3. The molecule has 4 aromatic rings. The van der Waals surface area contributed by atoms with Gasteiger partial charge in [0.25, 0.3) is 0 Å². The minimum absolute atomic E-state index is 0.141. The predicted molar refractivity (Wildman–Crippen MR) is 120 cm³/mol. The van der Waals surface area contributed by atoms with E-state index in [1.807, 2.05) is 13.8 Å². The molecule has 0 amide bonds. The summed E-state index contributed by atoms with van der Waals surface area (Å²) in [6.45, 7) is 4.29. The van der Waals surface area contributed by atoms with Crippen molar-refractivity contribution in [1.82, 2.24) is 29.9 Å². The summed E-state index contributed by atoms with van der Waals surface area (Å²) in [6.07, 6.45) is 8.23. The first kappa shape index (κ1) is 21.0. The number of hydrogen-bond donors (Lipinski definition) is 3. The molecule has 4 rings (SSSR count). The maximum absolute atomic E-state index is 13.3. The van der Waals surface area contributed by atoms with E-state index in [1.165, 1.54) is 12.1 Å². The number of anilines is 4. The molecule has 0 spiro atoms. The van der Waals surface area contributed by atoms with Crippen LogP contribution in [-0.2, 0) is 6.54 Å². The lowest BCUT2D eigenvalue weighted by atomic mass is 10.1. The molecule has 3 heterocycles. The quantitative estimate of drug-likeness (QED) is 0.380. The van der Waals surface area contributed by atoms with Gasteiger partial charge in [-0.15, -0.1) is 0 Å². The Bertz CT molecular complexity index is 1150. The van der Waals surface area contributed by atoms with Crippen LogP contribution in [-0.4, -0.2) is 29.9 Å². The molecule has 32 heavy (non-hydrogen) atoms. The Kier molecular flexibility index (Phi) is 6.40. The molecule has 0 aliphatic carbocycles. The van der Waals surface area contributed by atoms with Crippen molar-refractivity contribution in [3.05, 3.63) is 84.1 Å². The van der Waals surface area contributed by atoms with Crippen molar-refractivity contribution in [2.24, 2.45) is 0 Å². The molecule has 10 heteroatoms. The van der Waals surface area contributed by atoms with E-state index in [-0.39, 0.29) is 11.9 Å². The van der Waals surface area contributed by atoms with Crippen molar-refractivity contribution in [2.45, 2.75) is 26.4 Å². The normalized spacial score (nSPS) is 11.6. The van der Waals surface area contributed by atoms with Crippen LogP contribution in [0.3, 0.4) is 0 Å². The second-order valence-corrected chi connectivity index (χ2v) is 7.10. The number of aryl methyl sites for hydroxylation is 1. The summed E-state index contributed by atoms with van der Waals surface area (Å²) in [5.41, 5.74) is 2.55. The molecule has 3 aromatic heterocycles. The summed E-state index contributed by atoms with van der Waals surface area (Å²) < 4.78 is 13.3. The molecule has 0 saturated heterocycles. The molecule has 0 radical (unpaired) electrons. The smallest absolute Gasteiger partial charge is 0.227 e. The maximum atomic E-state index is 13.3. The Balaban J connectivity index is 1.55. The Morgan fingerprint density at radius 1 is 0.906 bits per heavy atom. The van der Waals surface area contributed by atoms with Crippen LogP contribution in [0, 0.1) is 12.7 Å². The van der Waals surface area contributed by atoms with Crippen molar-refractivity contribution < 1.29 is 4.39 Å². The van der Waals surface area contributed by atoms with E-state index in [2.05, 4.69) is 45.9 Å². The third kappa shape index (κ3) is 5.69. The van der Waals surface area contributed by atoms with Crippen molar-refractivity contribution in [3.63, 3.8) is 0 Å². The Morgan fingerprint density at radius 2 is 1.72 bits per heavy atom. The van der Waals surface area contributed by atoms with Gasteiger partial charge < -0.3 is 16.0 Å². The molecule has 3 N–H and O–H groups in total. The van der Waals surface area contributed by atoms with E-state index >= 15 is 0 Å². The molecule has 0 unspecified atom stereocenters. The fourth-order valence-corrected chi connectivity index (χ4v) is 2.88. The molecule has 0 aliphatic heterocycles. The molecular weight excluding hydrogens is 409 g/mol. The van der Waals surface area contributed by atoms with Gasteiger partial charge >= 0.3 is 0 Å². The maximum Gasteiger partial charge on any atom is 0.227 e. The summed E-state index contributed by atoms with van der Waals surface area (Å²) >= 11 is 0. The highest BCUT2D eigenvalue weighted by Crippen LogP contribution is 2.22. The van der Waals surface area contributed by atoms with Gasteiger partial charge in [0.1, 0.15) is 23.3 Å². The van der Waals surface area contributed by atoms with E-state index in [4.69, 9.17) is 0 Å². The number of halogens is 1. The lowest BCUT2D eigenvalue weighted by molar-refractivity contribution is 0.626. The van der Waals surface area contributed by atoms with E-state index in [0.29, 0.717) is 29.9 Å². The largest absolute Gasteiger partial charge is 0.364 e. The second-order valence-electron chi connectivity index (χ2n) is 7.10. The average molecular weight is 431 g/mol. The molecule has 1 aromatic carbocycles. The van der Waals surface area contributed by atoms with E-state index in [1.54, 1.807) is 49.2 Å². The van der Waals surface area contributed by atoms with Gasteiger partial charge in [-0.1, -0.05) is 12.1 Å². The fourth-order valence-electron chi connectivity index (χ4n) is 2.88. The molecule has 0 aliphatic rings. The van der Waals surface area contributed by atoms with Crippen LogP contribution in [0.25, 0.3) is 0 Å². The minimum atomic E-state index is -0.280. The van der Waals surface area contributed by atoms with E-state index < -0.39 is 0 Å². The molecule has 0 fully saturated rings. The third-order valence-corrected chi connectivity index (χ3v) is 4.55. The molecule has 9 nitrogen and oxygen atoms in total. The second kappa shape index (κ2) is 9.73. The standard InChI is InChI=1S/C22H22FN9/c1-14-10-27-18(11-26-14)12-28-19-9-20(30-21-13-24-7-8-25-21)32-22(31-19)29-15(2)16-3-5-17(23)6-4-16/h3-11,13,15H,12H2,1-2H3,(H3,25,28,29,30,31,32)/t15-/m0/s1. The van der Waals surface area contributed by atoms with Crippen molar-refractivity contribution >= 4 is 23.4 Å². The minimum Gasteiger partial charge on any atom is -0.364 e. The molecule has 0 saturated carbocycles. The van der Waals surface area contributed by atoms with Gasteiger partial charge in [-0.2, -0.15) is 9.97 Å². The first-order chi connectivity index (χ1) is 15.5. The van der Waals surface area contributed by atoms with Crippen LogP contribution >= 0.6 is 0 Å². The van der Waals surface area contributed by atoms with Crippen LogP contribution in [0.1, 0.15) is 29.9 Å². The van der Waals surface area contributed by atoms with E-state index in [9.17, 15) is 4.39 Å². The molecule has 1 atom stereocenters. The Morgan fingerprint density at radius 3 is 2.44 bits per heavy atom. The summed E-state index contributed by atoms with van der Waals surface area (Å²) in [5, 5.41) is 9.64. The summed E-state index contributed by atoms with van der Waals surface area (Å²) in [4.78, 5) is 26.0. The zero-order valence-electron chi connectivity index (χ0n) is 17.6. The highest BCUT2D eigenvalue weighted by atomic mass is 19.1. The van der Waals surface area contributed by atoms with Crippen LogP contribution in [0.15, 0.2) is 61.3 Å². The average Bonchev–Trinajstić information content (AvgIpc) is 2.80. The third-order valence-electron chi connectivity index (χ3n) is 4.55. The number of rotatable bonds is 8. The van der Waals surface area contributed by atoms with Gasteiger partial charge in [-0.3, -0.25) is 15.0 Å². The van der Waals surface area contributed by atoms with Gasteiger partial charge in [-0.05, 0) is 31.5 Å². The molecule has 0 bridgehead atoms. The van der Waals surface area contributed by atoms with E-state index in [0.717, 1.165) is 17.0 Å². The Hall–Kier alpha value is -4.21. The summed E-state index contributed by atoms with van der Waals surface area (Å²) in [5.74, 6) is 1.79. The summed E-state index contributed by atoms with van der Waals surface area (Å²) in [6, 6.07) is 7.93. The molecular formula is C22H22FN9. The SMILES string of the molecule is Cc1cnc(CNc2cc(Nc3cnccn3)nc(N[C@@H](C)c3ccc(F)cc3)n2)cn1. The van der Waals surface area contributed by atoms with Crippen LogP contribution in [0.2, 0.25) is 0 Å². The topological polar surface area (TPSA) is 113 Å².